The average Bonchev–Trinajstić information content (AvgIpc) is 2.48. The first-order valence-corrected chi connectivity index (χ1v) is 5.39. The lowest BCUT2D eigenvalue weighted by molar-refractivity contribution is 0.0993. The van der Waals surface area contributed by atoms with Gasteiger partial charge in [-0.3, -0.25) is 4.79 Å². The number of nitrogens with two attached hydrogens (primary N) is 1. The van der Waals surface area contributed by atoms with Crippen LogP contribution in [0.1, 0.15) is 22.5 Å². The summed E-state index contributed by atoms with van der Waals surface area (Å²) in [5.74, 6) is 0.0893. The Labute approximate surface area is 80.3 Å². The Kier molecular flexibility index (Phi) is 1.83. The van der Waals surface area contributed by atoms with Crippen molar-refractivity contribution in [2.24, 2.45) is 5.14 Å². The standard InChI is InChI=1S/C8H7NO4S/c9-14(11,12)8-4-5-6(10)2-1-3-7(5)13-8/h1,3-4H,2H2,(H2,9,11,12). The fraction of sp³-hybridized carbons (Fsp3) is 0.125. The van der Waals surface area contributed by atoms with Crippen molar-refractivity contribution in [3.63, 3.8) is 0 Å². The Hall–Kier alpha value is -1.40. The lowest BCUT2D eigenvalue weighted by Crippen LogP contribution is -2.10. The fourth-order valence-corrected chi connectivity index (χ4v) is 1.73. The fourth-order valence-electron chi connectivity index (χ4n) is 1.25. The number of carbonyl (C=O) groups is 1. The Balaban J connectivity index is 2.63. The van der Waals surface area contributed by atoms with Crippen molar-refractivity contribution < 1.29 is 17.6 Å². The summed E-state index contributed by atoms with van der Waals surface area (Å²) in [6, 6.07) is 1.16. The van der Waals surface area contributed by atoms with Gasteiger partial charge in [-0.15, -0.1) is 0 Å². The predicted octanol–water partition coefficient (Wildman–Crippen LogP) is 0.527. The number of carbonyl (C=O) groups excluding carboxylic acids is 1. The molecule has 6 heteroatoms. The average molecular weight is 213 g/mol. The topological polar surface area (TPSA) is 90.4 Å². The molecule has 0 aliphatic heterocycles. The third-order valence-corrected chi connectivity index (χ3v) is 2.65. The summed E-state index contributed by atoms with van der Waals surface area (Å²) < 4.78 is 26.7. The highest BCUT2D eigenvalue weighted by Crippen LogP contribution is 2.24. The van der Waals surface area contributed by atoms with E-state index < -0.39 is 10.0 Å². The van der Waals surface area contributed by atoms with E-state index in [2.05, 4.69) is 0 Å². The molecular weight excluding hydrogens is 206 g/mol. The summed E-state index contributed by atoms with van der Waals surface area (Å²) in [7, 11) is -3.87. The largest absolute Gasteiger partial charge is 0.443 e. The molecule has 0 unspecified atom stereocenters. The molecule has 1 aliphatic carbocycles. The zero-order chi connectivity index (χ0) is 10.3. The molecule has 0 spiro atoms. The number of sulfonamides is 1. The third kappa shape index (κ3) is 1.38. The maximum Gasteiger partial charge on any atom is 0.271 e. The molecule has 1 aliphatic rings. The first kappa shape index (κ1) is 9.17. The van der Waals surface area contributed by atoms with Gasteiger partial charge in [-0.25, -0.2) is 13.6 Å². The molecule has 1 heterocycles. The van der Waals surface area contributed by atoms with Crippen LogP contribution in [0.25, 0.3) is 6.08 Å². The van der Waals surface area contributed by atoms with Crippen molar-refractivity contribution in [2.75, 3.05) is 0 Å². The van der Waals surface area contributed by atoms with Crippen LogP contribution in [0.3, 0.4) is 0 Å². The molecule has 74 valence electrons. The Morgan fingerprint density at radius 3 is 2.71 bits per heavy atom. The maximum atomic E-state index is 11.3. The van der Waals surface area contributed by atoms with Crippen LogP contribution in [0, 0.1) is 0 Å². The second-order valence-corrected chi connectivity index (χ2v) is 4.41. The Bertz CT molecular complexity index is 524. The van der Waals surface area contributed by atoms with Crippen molar-refractivity contribution in [3.05, 3.63) is 23.5 Å². The van der Waals surface area contributed by atoms with Gasteiger partial charge in [0.1, 0.15) is 5.76 Å². The third-order valence-electron chi connectivity index (χ3n) is 1.89. The Morgan fingerprint density at radius 1 is 1.43 bits per heavy atom. The molecule has 2 N–H and O–H groups in total. The van der Waals surface area contributed by atoms with E-state index >= 15 is 0 Å². The lowest BCUT2D eigenvalue weighted by atomic mass is 10.0. The highest BCUT2D eigenvalue weighted by Gasteiger charge is 2.22. The van der Waals surface area contributed by atoms with Crippen molar-refractivity contribution in [3.8, 4) is 0 Å². The molecule has 14 heavy (non-hydrogen) atoms. The van der Waals surface area contributed by atoms with Crippen LogP contribution in [0.2, 0.25) is 0 Å². The minimum absolute atomic E-state index is 0.166. The van der Waals surface area contributed by atoms with Crippen LogP contribution < -0.4 is 5.14 Å². The quantitative estimate of drug-likeness (QED) is 0.736. The minimum atomic E-state index is -3.87. The molecule has 0 amide bonds. The van der Waals surface area contributed by atoms with Crippen LogP contribution in [0.5, 0.6) is 0 Å². The first-order valence-electron chi connectivity index (χ1n) is 3.85. The molecule has 0 bridgehead atoms. The molecule has 2 rings (SSSR count). The first-order chi connectivity index (χ1) is 6.48. The van der Waals surface area contributed by atoms with Gasteiger partial charge < -0.3 is 4.42 Å². The molecular formula is C8H7NO4S. The van der Waals surface area contributed by atoms with Gasteiger partial charge in [-0.1, -0.05) is 6.08 Å². The van der Waals surface area contributed by atoms with Gasteiger partial charge in [0, 0.05) is 12.5 Å². The van der Waals surface area contributed by atoms with Gasteiger partial charge >= 0.3 is 0 Å². The van der Waals surface area contributed by atoms with Crippen molar-refractivity contribution in [1.82, 2.24) is 0 Å². The zero-order valence-electron chi connectivity index (χ0n) is 7.06. The number of allylic oxidation sites excluding steroid dienone is 1. The SMILES string of the molecule is NS(=O)(=O)c1cc2c(o1)C=CCC2=O. The second-order valence-electron chi connectivity index (χ2n) is 2.92. The number of furan rings is 1. The van der Waals surface area contributed by atoms with E-state index in [0.29, 0.717) is 0 Å². The van der Waals surface area contributed by atoms with Gasteiger partial charge in [0.05, 0.1) is 5.56 Å². The number of rotatable bonds is 1. The summed E-state index contributed by atoms with van der Waals surface area (Å²) >= 11 is 0. The number of ketones is 1. The Morgan fingerprint density at radius 2 is 2.14 bits per heavy atom. The molecule has 5 nitrogen and oxygen atoms in total. The molecule has 0 saturated carbocycles. The van der Waals surface area contributed by atoms with E-state index in [1.165, 1.54) is 0 Å². The summed E-state index contributed by atoms with van der Waals surface area (Å²) in [4.78, 5) is 11.3. The molecule has 0 fully saturated rings. The van der Waals surface area contributed by atoms with Crippen LogP contribution in [-0.4, -0.2) is 14.2 Å². The molecule has 0 atom stereocenters. The maximum absolute atomic E-state index is 11.3. The number of Topliss-reactive ketones (excluding diaryl/α,β-unsaturated/α-hetero) is 1. The van der Waals surface area contributed by atoms with E-state index in [1.807, 2.05) is 0 Å². The van der Waals surface area contributed by atoms with Crippen LogP contribution in [0.15, 0.2) is 21.7 Å². The van der Waals surface area contributed by atoms with E-state index in [-0.39, 0.29) is 28.6 Å². The smallest absolute Gasteiger partial charge is 0.271 e. The van der Waals surface area contributed by atoms with Crippen molar-refractivity contribution in [2.45, 2.75) is 11.5 Å². The molecule has 0 saturated heterocycles. The van der Waals surface area contributed by atoms with E-state index in [9.17, 15) is 13.2 Å². The van der Waals surface area contributed by atoms with Gasteiger partial charge in [-0.05, 0) is 6.08 Å². The highest BCUT2D eigenvalue weighted by atomic mass is 32.2. The van der Waals surface area contributed by atoms with E-state index in [1.54, 1.807) is 12.2 Å². The van der Waals surface area contributed by atoms with Crippen LogP contribution in [-0.2, 0) is 10.0 Å². The zero-order valence-corrected chi connectivity index (χ0v) is 7.87. The number of primary sulfonamides is 1. The van der Waals surface area contributed by atoms with Gasteiger partial charge in [0.15, 0.2) is 5.78 Å². The summed E-state index contributed by atoms with van der Waals surface area (Å²) in [6.45, 7) is 0. The van der Waals surface area contributed by atoms with Gasteiger partial charge in [-0.2, -0.15) is 0 Å². The molecule has 1 aromatic heterocycles. The van der Waals surface area contributed by atoms with Gasteiger partial charge in [0.2, 0.25) is 5.09 Å². The van der Waals surface area contributed by atoms with Crippen LogP contribution in [0.4, 0.5) is 0 Å². The predicted molar refractivity (Wildman–Crippen MR) is 48.1 cm³/mol. The summed E-state index contributed by atoms with van der Waals surface area (Å²) in [5, 5.41) is 4.48. The van der Waals surface area contributed by atoms with E-state index in [4.69, 9.17) is 9.56 Å². The number of hydrogen-bond acceptors (Lipinski definition) is 4. The summed E-state index contributed by atoms with van der Waals surface area (Å²) in [5.41, 5.74) is 0.275. The number of hydrogen-bond donors (Lipinski definition) is 1. The molecule has 1 aromatic rings. The van der Waals surface area contributed by atoms with Gasteiger partial charge in [0.25, 0.3) is 10.0 Å². The summed E-state index contributed by atoms with van der Waals surface area (Å²) in [6.07, 6.45) is 3.43. The highest BCUT2D eigenvalue weighted by molar-refractivity contribution is 7.89. The van der Waals surface area contributed by atoms with E-state index in [0.717, 1.165) is 6.07 Å². The second kappa shape index (κ2) is 2.79. The normalized spacial score (nSPS) is 15.6. The molecule has 0 aromatic carbocycles. The molecule has 0 radical (unpaired) electrons. The van der Waals surface area contributed by atoms with Crippen LogP contribution >= 0.6 is 0 Å². The lowest BCUT2D eigenvalue weighted by Gasteiger charge is -1.99. The monoisotopic (exact) mass is 213 g/mol. The van der Waals surface area contributed by atoms with Crippen molar-refractivity contribution >= 4 is 21.9 Å². The number of fused-ring (bicyclic) bond motifs is 1. The minimum Gasteiger partial charge on any atom is -0.443 e. The van der Waals surface area contributed by atoms with Crippen molar-refractivity contribution in [1.29, 1.82) is 0 Å².